The maximum absolute atomic E-state index is 11.7. The zero-order chi connectivity index (χ0) is 14.4. The minimum absolute atomic E-state index is 0.203. The minimum atomic E-state index is -0.924. The summed E-state index contributed by atoms with van der Waals surface area (Å²) in [6.07, 6.45) is 0. The van der Waals surface area contributed by atoms with Gasteiger partial charge in [0.2, 0.25) is 5.91 Å². The molecule has 0 aliphatic carbocycles. The number of carbonyl (C=O) groups is 2. The van der Waals surface area contributed by atoms with Crippen LogP contribution < -0.4 is 5.32 Å². The molecule has 4 nitrogen and oxygen atoms in total. The number of benzene rings is 1. The number of nitrogens with one attached hydrogen (secondary N) is 1. The maximum Gasteiger partial charge on any atom is 0.308 e. The van der Waals surface area contributed by atoms with Gasteiger partial charge < -0.3 is 10.4 Å². The first-order valence-corrected chi connectivity index (χ1v) is 7.17. The SMILES string of the molecule is CC(NC(=O)CSc1ccccc1Cl)C(C)C(=O)O. The van der Waals surface area contributed by atoms with Crippen molar-refractivity contribution >= 4 is 35.2 Å². The van der Waals surface area contributed by atoms with Crippen molar-refractivity contribution in [1.82, 2.24) is 5.32 Å². The highest BCUT2D eigenvalue weighted by molar-refractivity contribution is 8.00. The monoisotopic (exact) mass is 301 g/mol. The Kier molecular flexibility index (Phi) is 6.18. The van der Waals surface area contributed by atoms with E-state index < -0.39 is 17.9 Å². The number of hydrogen-bond donors (Lipinski definition) is 2. The molecule has 0 radical (unpaired) electrons. The van der Waals surface area contributed by atoms with Gasteiger partial charge in [0, 0.05) is 10.9 Å². The third-order valence-corrected chi connectivity index (χ3v) is 4.24. The third kappa shape index (κ3) is 5.12. The lowest BCUT2D eigenvalue weighted by molar-refractivity contribution is -0.142. The third-order valence-electron chi connectivity index (χ3n) is 2.72. The Labute approximate surface area is 121 Å². The standard InChI is InChI=1S/C13H16ClNO3S/c1-8(13(17)18)9(2)15-12(16)7-19-11-6-4-3-5-10(11)14/h3-6,8-9H,7H2,1-2H3,(H,15,16)(H,17,18). The summed E-state index contributed by atoms with van der Waals surface area (Å²) in [6, 6.07) is 6.86. The van der Waals surface area contributed by atoms with Crippen molar-refractivity contribution in [2.45, 2.75) is 24.8 Å². The van der Waals surface area contributed by atoms with E-state index in [0.29, 0.717) is 5.02 Å². The molecule has 6 heteroatoms. The second kappa shape index (κ2) is 7.40. The molecular weight excluding hydrogens is 286 g/mol. The molecule has 1 aromatic rings. The number of thioether (sulfide) groups is 1. The average molecular weight is 302 g/mol. The normalized spacial score (nSPS) is 13.6. The number of carboxylic acid groups (broad SMARTS) is 1. The van der Waals surface area contributed by atoms with Crippen molar-refractivity contribution in [2.75, 3.05) is 5.75 Å². The number of hydrogen-bond acceptors (Lipinski definition) is 3. The summed E-state index contributed by atoms with van der Waals surface area (Å²) in [6.45, 7) is 3.24. The predicted octanol–water partition coefficient (Wildman–Crippen LogP) is 2.66. The predicted molar refractivity (Wildman–Crippen MR) is 76.6 cm³/mol. The second-order valence-corrected chi connectivity index (χ2v) is 5.63. The van der Waals surface area contributed by atoms with Crippen molar-refractivity contribution in [3.8, 4) is 0 Å². The van der Waals surface area contributed by atoms with Crippen LogP contribution in [0.1, 0.15) is 13.8 Å². The number of rotatable bonds is 6. The van der Waals surface area contributed by atoms with Crippen molar-refractivity contribution in [3.05, 3.63) is 29.3 Å². The number of aliphatic carboxylic acids is 1. The summed E-state index contributed by atoms with van der Waals surface area (Å²) in [5.41, 5.74) is 0. The molecule has 0 aliphatic heterocycles. The highest BCUT2D eigenvalue weighted by Crippen LogP contribution is 2.26. The lowest BCUT2D eigenvalue weighted by atomic mass is 10.0. The van der Waals surface area contributed by atoms with Gasteiger partial charge in [0.05, 0.1) is 16.7 Å². The van der Waals surface area contributed by atoms with Crippen LogP contribution in [-0.2, 0) is 9.59 Å². The molecule has 0 bridgehead atoms. The molecule has 1 amide bonds. The molecule has 2 N–H and O–H groups in total. The van der Waals surface area contributed by atoms with Gasteiger partial charge in [-0.05, 0) is 26.0 Å². The van der Waals surface area contributed by atoms with Gasteiger partial charge in [-0.15, -0.1) is 11.8 Å². The Balaban J connectivity index is 2.44. The fourth-order valence-corrected chi connectivity index (χ4v) is 2.39. The number of amides is 1. The maximum atomic E-state index is 11.7. The van der Waals surface area contributed by atoms with Gasteiger partial charge in [0.15, 0.2) is 0 Å². The Bertz CT molecular complexity index is 467. The van der Waals surface area contributed by atoms with E-state index in [1.165, 1.54) is 11.8 Å². The van der Waals surface area contributed by atoms with Crippen LogP contribution in [0, 0.1) is 5.92 Å². The van der Waals surface area contributed by atoms with Crippen molar-refractivity contribution < 1.29 is 14.7 Å². The van der Waals surface area contributed by atoms with Crippen LogP contribution in [-0.4, -0.2) is 28.8 Å². The van der Waals surface area contributed by atoms with Gasteiger partial charge in [0.1, 0.15) is 0 Å². The van der Waals surface area contributed by atoms with Crippen LogP contribution in [0.2, 0.25) is 5.02 Å². The Hall–Kier alpha value is -1.20. The van der Waals surface area contributed by atoms with Crippen LogP contribution in [0.5, 0.6) is 0 Å². The van der Waals surface area contributed by atoms with Crippen molar-refractivity contribution in [3.63, 3.8) is 0 Å². The van der Waals surface area contributed by atoms with Crippen LogP contribution in [0.25, 0.3) is 0 Å². The summed E-state index contributed by atoms with van der Waals surface area (Å²) < 4.78 is 0. The lowest BCUT2D eigenvalue weighted by Crippen LogP contribution is -2.40. The van der Waals surface area contributed by atoms with Crippen LogP contribution >= 0.6 is 23.4 Å². The van der Waals surface area contributed by atoms with Gasteiger partial charge >= 0.3 is 5.97 Å². The molecule has 1 rings (SSSR count). The summed E-state index contributed by atoms with van der Waals surface area (Å²) in [5, 5.41) is 12.1. The first-order chi connectivity index (χ1) is 8.91. The Morgan fingerprint density at radius 2 is 2.00 bits per heavy atom. The molecule has 0 aromatic heterocycles. The first kappa shape index (κ1) is 15.9. The van der Waals surface area contributed by atoms with Crippen molar-refractivity contribution in [2.24, 2.45) is 5.92 Å². The number of halogens is 1. The average Bonchev–Trinajstić information content (AvgIpc) is 2.36. The molecule has 2 atom stereocenters. The summed E-state index contributed by atoms with van der Waals surface area (Å²) in [4.78, 5) is 23.3. The van der Waals surface area contributed by atoms with E-state index >= 15 is 0 Å². The summed E-state index contributed by atoms with van der Waals surface area (Å²) in [7, 11) is 0. The van der Waals surface area contributed by atoms with Gasteiger partial charge in [-0.1, -0.05) is 23.7 Å². The highest BCUT2D eigenvalue weighted by atomic mass is 35.5. The van der Waals surface area contributed by atoms with Gasteiger partial charge in [-0.2, -0.15) is 0 Å². The van der Waals surface area contributed by atoms with Crippen molar-refractivity contribution in [1.29, 1.82) is 0 Å². The Morgan fingerprint density at radius 1 is 1.37 bits per heavy atom. The molecule has 0 spiro atoms. The van der Waals surface area contributed by atoms with Gasteiger partial charge in [-0.3, -0.25) is 9.59 Å². The van der Waals surface area contributed by atoms with Gasteiger partial charge in [0.25, 0.3) is 0 Å². The molecular formula is C13H16ClNO3S. The first-order valence-electron chi connectivity index (χ1n) is 5.81. The van der Waals surface area contributed by atoms with Gasteiger partial charge in [-0.25, -0.2) is 0 Å². The van der Waals surface area contributed by atoms with Crippen LogP contribution in [0.3, 0.4) is 0 Å². The van der Waals surface area contributed by atoms with E-state index in [4.69, 9.17) is 16.7 Å². The van der Waals surface area contributed by atoms with E-state index in [1.54, 1.807) is 19.9 Å². The fraction of sp³-hybridized carbons (Fsp3) is 0.385. The smallest absolute Gasteiger partial charge is 0.308 e. The van der Waals surface area contributed by atoms with E-state index in [2.05, 4.69) is 5.32 Å². The molecule has 0 aliphatic rings. The molecule has 1 aromatic carbocycles. The molecule has 104 valence electrons. The zero-order valence-electron chi connectivity index (χ0n) is 10.7. The topological polar surface area (TPSA) is 66.4 Å². The molecule has 0 saturated carbocycles. The highest BCUT2D eigenvalue weighted by Gasteiger charge is 2.20. The van der Waals surface area contributed by atoms with Crippen LogP contribution in [0.4, 0.5) is 0 Å². The summed E-state index contributed by atoms with van der Waals surface area (Å²) in [5.74, 6) is -1.54. The number of carbonyl (C=O) groups excluding carboxylic acids is 1. The molecule has 19 heavy (non-hydrogen) atoms. The second-order valence-electron chi connectivity index (χ2n) is 4.20. The molecule has 0 fully saturated rings. The van der Waals surface area contributed by atoms with E-state index in [-0.39, 0.29) is 11.7 Å². The summed E-state index contributed by atoms with van der Waals surface area (Å²) >= 11 is 7.30. The molecule has 0 heterocycles. The van der Waals surface area contributed by atoms with E-state index in [0.717, 1.165) is 4.90 Å². The quantitative estimate of drug-likeness (QED) is 0.793. The minimum Gasteiger partial charge on any atom is -0.481 e. The molecule has 2 unspecified atom stereocenters. The van der Waals surface area contributed by atoms with E-state index in [1.807, 2.05) is 18.2 Å². The Morgan fingerprint density at radius 3 is 2.58 bits per heavy atom. The van der Waals surface area contributed by atoms with Crippen LogP contribution in [0.15, 0.2) is 29.2 Å². The fourth-order valence-electron chi connectivity index (χ4n) is 1.34. The zero-order valence-corrected chi connectivity index (χ0v) is 12.3. The molecule has 0 saturated heterocycles. The largest absolute Gasteiger partial charge is 0.481 e. The number of carboxylic acids is 1. The van der Waals surface area contributed by atoms with E-state index in [9.17, 15) is 9.59 Å². The lowest BCUT2D eigenvalue weighted by Gasteiger charge is -2.17.